The van der Waals surface area contributed by atoms with Gasteiger partial charge in [-0.3, -0.25) is 4.90 Å². The van der Waals surface area contributed by atoms with E-state index in [1.807, 2.05) is 0 Å². The molecule has 3 aliphatic heterocycles. The predicted molar refractivity (Wildman–Crippen MR) is 47.5 cm³/mol. The average molecular weight is 184 g/mol. The van der Waals surface area contributed by atoms with Gasteiger partial charge in [-0.2, -0.15) is 0 Å². The van der Waals surface area contributed by atoms with Crippen LogP contribution in [-0.2, 0) is 4.74 Å². The molecule has 0 aromatic rings. The molecule has 0 aromatic heterocycles. The van der Waals surface area contributed by atoms with Crippen molar-refractivity contribution in [1.29, 1.82) is 0 Å². The van der Waals surface area contributed by atoms with Gasteiger partial charge in [0.1, 0.15) is 0 Å². The molecule has 3 aliphatic rings. The number of hydrogen-bond acceptors (Lipinski definition) is 4. The Morgan fingerprint density at radius 3 is 2.85 bits per heavy atom. The van der Waals surface area contributed by atoms with E-state index >= 15 is 0 Å². The molecule has 0 aliphatic carbocycles. The zero-order valence-corrected chi connectivity index (χ0v) is 7.65. The maximum atomic E-state index is 9.73. The predicted octanol–water partition coefficient (Wildman–Crippen LogP) is -1.21. The van der Waals surface area contributed by atoms with Crippen molar-refractivity contribution in [3.8, 4) is 0 Å². The van der Waals surface area contributed by atoms with E-state index < -0.39 is 0 Å². The smallest absolute Gasteiger partial charge is 0.0832 e. The second-order valence-corrected chi connectivity index (χ2v) is 4.33. The molecule has 3 fully saturated rings. The molecule has 13 heavy (non-hydrogen) atoms. The highest BCUT2D eigenvalue weighted by Gasteiger charge is 2.44. The van der Waals surface area contributed by atoms with Crippen LogP contribution >= 0.6 is 0 Å². The monoisotopic (exact) mass is 184 g/mol. The SMILES string of the molecule is O[C@@H]1CNC[C@H]1N1CC2CC1CO2. The third-order valence-electron chi connectivity index (χ3n) is 3.52. The normalized spacial score (nSPS) is 50.5. The molecule has 0 spiro atoms. The lowest BCUT2D eigenvalue weighted by molar-refractivity contribution is -0.00950. The third kappa shape index (κ3) is 1.21. The van der Waals surface area contributed by atoms with Crippen molar-refractivity contribution in [3.05, 3.63) is 0 Å². The minimum absolute atomic E-state index is 0.181. The standard InChI is InChI=1S/C9H16N2O2/c12-9-3-10-2-8(9)11-4-7-1-6(11)5-13-7/h6-10,12H,1-5H2/t6?,7?,8-,9-/m1/s1. The highest BCUT2D eigenvalue weighted by atomic mass is 16.5. The van der Waals surface area contributed by atoms with Gasteiger partial charge in [0.05, 0.1) is 18.8 Å². The zero-order chi connectivity index (χ0) is 8.84. The van der Waals surface area contributed by atoms with Crippen LogP contribution in [0.5, 0.6) is 0 Å². The number of morpholine rings is 1. The van der Waals surface area contributed by atoms with Gasteiger partial charge in [-0.05, 0) is 6.42 Å². The molecule has 2 unspecified atom stereocenters. The third-order valence-corrected chi connectivity index (χ3v) is 3.52. The Labute approximate surface area is 77.9 Å². The molecule has 3 heterocycles. The van der Waals surface area contributed by atoms with Crippen molar-refractivity contribution in [1.82, 2.24) is 10.2 Å². The first-order valence-corrected chi connectivity index (χ1v) is 5.11. The summed E-state index contributed by atoms with van der Waals surface area (Å²) in [6.07, 6.45) is 1.43. The van der Waals surface area contributed by atoms with Crippen molar-refractivity contribution in [2.24, 2.45) is 0 Å². The van der Waals surface area contributed by atoms with Crippen molar-refractivity contribution < 1.29 is 9.84 Å². The van der Waals surface area contributed by atoms with Gasteiger partial charge in [0, 0.05) is 31.7 Å². The van der Waals surface area contributed by atoms with Gasteiger partial charge >= 0.3 is 0 Å². The summed E-state index contributed by atoms with van der Waals surface area (Å²) < 4.78 is 5.53. The van der Waals surface area contributed by atoms with Gasteiger partial charge in [-0.25, -0.2) is 0 Å². The fourth-order valence-corrected chi connectivity index (χ4v) is 2.82. The molecule has 0 saturated carbocycles. The van der Waals surface area contributed by atoms with E-state index in [0.29, 0.717) is 18.2 Å². The van der Waals surface area contributed by atoms with E-state index in [0.717, 1.165) is 26.2 Å². The fraction of sp³-hybridized carbons (Fsp3) is 1.00. The number of likely N-dealkylation sites (tertiary alicyclic amines) is 1. The molecule has 4 nitrogen and oxygen atoms in total. The number of β-amino-alcohol motifs (C(OH)–C–C–N with tert-alkyl or cyclic N) is 1. The Bertz CT molecular complexity index is 212. The number of nitrogens with zero attached hydrogens (tertiary/aromatic N) is 1. The molecule has 0 aromatic carbocycles. The molecule has 4 atom stereocenters. The largest absolute Gasteiger partial charge is 0.390 e. The number of aliphatic hydroxyl groups excluding tert-OH is 1. The number of ether oxygens (including phenoxy) is 1. The molecule has 74 valence electrons. The lowest BCUT2D eigenvalue weighted by Crippen LogP contribution is -2.49. The summed E-state index contributed by atoms with van der Waals surface area (Å²) in [5.74, 6) is 0. The number of hydrogen-bond donors (Lipinski definition) is 2. The Kier molecular flexibility index (Phi) is 1.83. The molecule has 2 bridgehead atoms. The van der Waals surface area contributed by atoms with Crippen molar-refractivity contribution in [3.63, 3.8) is 0 Å². The van der Waals surface area contributed by atoms with Gasteiger partial charge in [0.15, 0.2) is 0 Å². The van der Waals surface area contributed by atoms with Crippen LogP contribution in [0.25, 0.3) is 0 Å². The highest BCUT2D eigenvalue weighted by Crippen LogP contribution is 2.30. The van der Waals surface area contributed by atoms with Crippen molar-refractivity contribution in [2.75, 3.05) is 26.2 Å². The average Bonchev–Trinajstić information content (AvgIpc) is 2.77. The van der Waals surface area contributed by atoms with Crippen LogP contribution in [-0.4, -0.2) is 60.5 Å². The van der Waals surface area contributed by atoms with Crippen LogP contribution in [0.2, 0.25) is 0 Å². The van der Waals surface area contributed by atoms with E-state index in [9.17, 15) is 5.11 Å². The zero-order valence-electron chi connectivity index (χ0n) is 7.65. The number of aliphatic hydroxyl groups is 1. The minimum atomic E-state index is -0.181. The van der Waals surface area contributed by atoms with Gasteiger partial charge in [0.25, 0.3) is 0 Å². The maximum absolute atomic E-state index is 9.73. The minimum Gasteiger partial charge on any atom is -0.390 e. The second-order valence-electron chi connectivity index (χ2n) is 4.33. The summed E-state index contributed by atoms with van der Waals surface area (Å²) in [5.41, 5.74) is 0. The van der Waals surface area contributed by atoms with Crippen LogP contribution in [0, 0.1) is 0 Å². The fourth-order valence-electron chi connectivity index (χ4n) is 2.82. The van der Waals surface area contributed by atoms with Crippen LogP contribution in [0.3, 0.4) is 0 Å². The molecular formula is C9H16N2O2. The van der Waals surface area contributed by atoms with Gasteiger partial charge < -0.3 is 15.2 Å². The van der Waals surface area contributed by atoms with Gasteiger partial charge in [0.2, 0.25) is 0 Å². The summed E-state index contributed by atoms with van der Waals surface area (Å²) in [6, 6.07) is 0.906. The van der Waals surface area contributed by atoms with E-state index in [1.54, 1.807) is 0 Å². The molecule has 3 saturated heterocycles. The van der Waals surface area contributed by atoms with E-state index in [4.69, 9.17) is 4.74 Å². The molecule has 3 rings (SSSR count). The first-order valence-electron chi connectivity index (χ1n) is 5.11. The van der Waals surface area contributed by atoms with Crippen LogP contribution < -0.4 is 5.32 Å². The number of nitrogens with one attached hydrogen (secondary N) is 1. The summed E-state index contributed by atoms with van der Waals surface area (Å²) in [4.78, 5) is 2.43. The summed E-state index contributed by atoms with van der Waals surface area (Å²) in [5, 5.41) is 13.0. The van der Waals surface area contributed by atoms with E-state index in [-0.39, 0.29) is 6.10 Å². The van der Waals surface area contributed by atoms with Crippen LogP contribution in [0.15, 0.2) is 0 Å². The lowest BCUT2D eigenvalue weighted by Gasteiger charge is -2.33. The van der Waals surface area contributed by atoms with E-state index in [1.165, 1.54) is 6.42 Å². The Hall–Kier alpha value is -0.160. The lowest BCUT2D eigenvalue weighted by atomic mass is 10.1. The molecular weight excluding hydrogens is 168 g/mol. The molecule has 2 N–H and O–H groups in total. The van der Waals surface area contributed by atoms with Crippen LogP contribution in [0.4, 0.5) is 0 Å². The van der Waals surface area contributed by atoms with Crippen molar-refractivity contribution in [2.45, 2.75) is 30.7 Å². The number of rotatable bonds is 1. The molecule has 0 radical (unpaired) electrons. The molecule has 4 heteroatoms. The first-order chi connectivity index (χ1) is 6.34. The first kappa shape index (κ1) is 8.17. The van der Waals surface area contributed by atoms with E-state index in [2.05, 4.69) is 10.2 Å². The summed E-state index contributed by atoms with van der Waals surface area (Å²) in [7, 11) is 0. The topological polar surface area (TPSA) is 44.7 Å². The summed E-state index contributed by atoms with van der Waals surface area (Å²) >= 11 is 0. The van der Waals surface area contributed by atoms with Crippen LogP contribution in [0.1, 0.15) is 6.42 Å². The molecule has 0 amide bonds. The Morgan fingerprint density at radius 1 is 1.38 bits per heavy atom. The quantitative estimate of drug-likeness (QED) is 0.537. The second kappa shape index (κ2) is 2.92. The Morgan fingerprint density at radius 2 is 2.31 bits per heavy atom. The highest BCUT2D eigenvalue weighted by molar-refractivity contribution is 4.99. The van der Waals surface area contributed by atoms with Crippen molar-refractivity contribution >= 4 is 0 Å². The van der Waals surface area contributed by atoms with Gasteiger partial charge in [-0.1, -0.05) is 0 Å². The Balaban J connectivity index is 1.72. The number of fused-ring (bicyclic) bond motifs is 2. The summed E-state index contributed by atoms with van der Waals surface area (Å²) in [6.45, 7) is 3.58. The maximum Gasteiger partial charge on any atom is 0.0832 e. The van der Waals surface area contributed by atoms with Gasteiger partial charge in [-0.15, -0.1) is 0 Å².